The van der Waals surface area contributed by atoms with Crippen LogP contribution >= 0.6 is 0 Å². The number of amides is 1. The zero-order valence-corrected chi connectivity index (χ0v) is 10.1. The van der Waals surface area contributed by atoms with Crippen LogP contribution in [-0.2, 0) is 4.79 Å². The second kappa shape index (κ2) is 4.63. The van der Waals surface area contributed by atoms with Gasteiger partial charge in [-0.1, -0.05) is 0 Å². The first kappa shape index (κ1) is 11.7. The Balaban J connectivity index is 2.32. The molecular formula is C12H17N3O2. The minimum Gasteiger partial charge on any atom is -0.482 e. The van der Waals surface area contributed by atoms with E-state index < -0.39 is 0 Å². The van der Waals surface area contributed by atoms with Gasteiger partial charge in [0.2, 0.25) is 0 Å². The third-order valence-corrected chi connectivity index (χ3v) is 2.93. The molecule has 0 aromatic heterocycles. The molecule has 0 saturated heterocycles. The van der Waals surface area contributed by atoms with Crippen LogP contribution in [0.1, 0.15) is 0 Å². The van der Waals surface area contributed by atoms with Gasteiger partial charge in [0, 0.05) is 32.9 Å². The van der Waals surface area contributed by atoms with Crippen molar-refractivity contribution in [3.05, 3.63) is 18.2 Å². The minimum atomic E-state index is -0.0314. The number of nitrogens with zero attached hydrogens (tertiary/aromatic N) is 2. The number of rotatable bonds is 3. The molecule has 0 atom stereocenters. The Morgan fingerprint density at radius 3 is 3.00 bits per heavy atom. The van der Waals surface area contributed by atoms with E-state index in [9.17, 15) is 4.79 Å². The van der Waals surface area contributed by atoms with Crippen LogP contribution in [0.3, 0.4) is 0 Å². The van der Waals surface area contributed by atoms with E-state index in [1.165, 1.54) is 0 Å². The van der Waals surface area contributed by atoms with Crippen molar-refractivity contribution >= 4 is 17.3 Å². The van der Waals surface area contributed by atoms with E-state index in [2.05, 4.69) is 0 Å². The molecule has 0 saturated carbocycles. The summed E-state index contributed by atoms with van der Waals surface area (Å²) < 4.78 is 5.37. The number of ether oxygens (including phenoxy) is 1. The van der Waals surface area contributed by atoms with E-state index in [0.29, 0.717) is 6.54 Å². The van der Waals surface area contributed by atoms with Gasteiger partial charge in [0.1, 0.15) is 5.75 Å². The van der Waals surface area contributed by atoms with E-state index in [-0.39, 0.29) is 12.5 Å². The summed E-state index contributed by atoms with van der Waals surface area (Å²) in [6.45, 7) is 1.48. The van der Waals surface area contributed by atoms with Crippen LogP contribution in [0.2, 0.25) is 0 Å². The zero-order chi connectivity index (χ0) is 12.4. The fourth-order valence-electron chi connectivity index (χ4n) is 1.82. The molecule has 1 aromatic carbocycles. The summed E-state index contributed by atoms with van der Waals surface area (Å²) in [5, 5.41) is 0. The largest absolute Gasteiger partial charge is 0.482 e. The Labute approximate surface area is 101 Å². The molecule has 0 radical (unpaired) electrons. The highest BCUT2D eigenvalue weighted by atomic mass is 16.5. The minimum absolute atomic E-state index is 0.0314. The van der Waals surface area contributed by atoms with Gasteiger partial charge < -0.3 is 20.3 Å². The molecule has 1 aromatic rings. The van der Waals surface area contributed by atoms with Crippen LogP contribution in [0.4, 0.5) is 11.4 Å². The smallest absolute Gasteiger partial charge is 0.264 e. The van der Waals surface area contributed by atoms with Crippen molar-refractivity contribution < 1.29 is 9.53 Å². The molecule has 2 N–H and O–H groups in total. The fourth-order valence-corrected chi connectivity index (χ4v) is 1.82. The van der Waals surface area contributed by atoms with Gasteiger partial charge in [-0.2, -0.15) is 0 Å². The molecule has 1 aliphatic rings. The number of fused-ring (bicyclic) bond motifs is 1. The highest BCUT2D eigenvalue weighted by Gasteiger charge is 2.22. The zero-order valence-electron chi connectivity index (χ0n) is 10.1. The molecule has 0 unspecified atom stereocenters. The van der Waals surface area contributed by atoms with Crippen molar-refractivity contribution in [2.75, 3.05) is 43.6 Å². The van der Waals surface area contributed by atoms with Crippen LogP contribution < -0.4 is 20.3 Å². The van der Waals surface area contributed by atoms with Gasteiger partial charge in [-0.25, -0.2) is 0 Å². The SMILES string of the molecule is CN(CCN)c1ccc2c(c1)N(C)C(=O)CO2. The Bertz CT molecular complexity index is 434. The molecule has 1 heterocycles. The number of carbonyl (C=O) groups is 1. The lowest BCUT2D eigenvalue weighted by Gasteiger charge is -2.28. The van der Waals surface area contributed by atoms with Crippen LogP contribution in [0.15, 0.2) is 18.2 Å². The van der Waals surface area contributed by atoms with E-state index in [1.54, 1.807) is 11.9 Å². The maximum atomic E-state index is 11.5. The van der Waals surface area contributed by atoms with Gasteiger partial charge >= 0.3 is 0 Å². The summed E-state index contributed by atoms with van der Waals surface area (Å²) in [5.74, 6) is 0.716. The second-order valence-electron chi connectivity index (χ2n) is 4.10. The number of hydrogen-bond acceptors (Lipinski definition) is 4. The van der Waals surface area contributed by atoms with Gasteiger partial charge in [-0.3, -0.25) is 4.79 Å². The van der Waals surface area contributed by atoms with Crippen molar-refractivity contribution in [1.82, 2.24) is 0 Å². The first-order valence-electron chi connectivity index (χ1n) is 5.58. The second-order valence-corrected chi connectivity index (χ2v) is 4.10. The molecule has 5 heteroatoms. The van der Waals surface area contributed by atoms with Gasteiger partial charge in [-0.15, -0.1) is 0 Å². The average molecular weight is 235 g/mol. The number of likely N-dealkylation sites (N-methyl/N-ethyl adjacent to an activating group) is 2. The number of nitrogens with two attached hydrogens (primary N) is 1. The highest BCUT2D eigenvalue weighted by Crippen LogP contribution is 2.34. The molecule has 17 heavy (non-hydrogen) atoms. The van der Waals surface area contributed by atoms with Gasteiger partial charge in [0.15, 0.2) is 6.61 Å². The summed E-state index contributed by atoms with van der Waals surface area (Å²) in [5.41, 5.74) is 7.36. The number of benzene rings is 1. The van der Waals surface area contributed by atoms with Crippen molar-refractivity contribution in [3.8, 4) is 5.75 Å². The summed E-state index contributed by atoms with van der Waals surface area (Å²) in [6.07, 6.45) is 0. The maximum Gasteiger partial charge on any atom is 0.264 e. The molecule has 0 fully saturated rings. The molecular weight excluding hydrogens is 218 g/mol. The lowest BCUT2D eigenvalue weighted by atomic mass is 10.2. The predicted molar refractivity (Wildman–Crippen MR) is 67.7 cm³/mol. The molecule has 0 bridgehead atoms. The predicted octanol–water partition coefficient (Wildman–Crippen LogP) is 0.437. The molecule has 5 nitrogen and oxygen atoms in total. The quantitative estimate of drug-likeness (QED) is 0.825. The monoisotopic (exact) mass is 235 g/mol. The average Bonchev–Trinajstić information content (AvgIpc) is 2.34. The molecule has 0 spiro atoms. The Morgan fingerprint density at radius 2 is 2.29 bits per heavy atom. The van der Waals surface area contributed by atoms with Gasteiger partial charge in [0.05, 0.1) is 5.69 Å². The topological polar surface area (TPSA) is 58.8 Å². The third-order valence-electron chi connectivity index (χ3n) is 2.93. The number of hydrogen-bond donors (Lipinski definition) is 1. The normalized spacial score (nSPS) is 14.3. The molecule has 1 amide bonds. The highest BCUT2D eigenvalue weighted by molar-refractivity contribution is 5.97. The van der Waals surface area contributed by atoms with Crippen molar-refractivity contribution in [3.63, 3.8) is 0 Å². The summed E-state index contributed by atoms with van der Waals surface area (Å²) >= 11 is 0. The maximum absolute atomic E-state index is 11.5. The number of anilines is 2. The summed E-state index contributed by atoms with van der Waals surface area (Å²) in [4.78, 5) is 15.2. The Hall–Kier alpha value is -1.75. The Kier molecular flexibility index (Phi) is 3.19. The standard InChI is InChI=1S/C12H17N3O2/c1-14(6-5-13)9-3-4-11-10(7-9)15(2)12(16)8-17-11/h3-4,7H,5-6,8,13H2,1-2H3. The van der Waals surface area contributed by atoms with E-state index in [4.69, 9.17) is 10.5 Å². The van der Waals surface area contributed by atoms with Crippen LogP contribution in [-0.4, -0.2) is 39.7 Å². The van der Waals surface area contributed by atoms with E-state index in [1.807, 2.05) is 30.1 Å². The summed E-state index contributed by atoms with van der Waals surface area (Å²) in [7, 11) is 3.73. The van der Waals surface area contributed by atoms with Crippen LogP contribution in [0.25, 0.3) is 0 Å². The number of carbonyl (C=O) groups excluding carboxylic acids is 1. The van der Waals surface area contributed by atoms with Crippen molar-refractivity contribution in [2.24, 2.45) is 5.73 Å². The molecule has 1 aliphatic heterocycles. The van der Waals surface area contributed by atoms with Crippen LogP contribution in [0.5, 0.6) is 5.75 Å². The van der Waals surface area contributed by atoms with Crippen molar-refractivity contribution in [1.29, 1.82) is 0 Å². The fraction of sp³-hybridized carbons (Fsp3) is 0.417. The third kappa shape index (κ3) is 2.19. The molecule has 92 valence electrons. The first-order chi connectivity index (χ1) is 8.13. The first-order valence-corrected chi connectivity index (χ1v) is 5.58. The lowest BCUT2D eigenvalue weighted by Crippen LogP contribution is -2.35. The van der Waals surface area contributed by atoms with Gasteiger partial charge in [-0.05, 0) is 18.2 Å². The van der Waals surface area contributed by atoms with Crippen LogP contribution in [0, 0.1) is 0 Å². The van der Waals surface area contributed by atoms with E-state index >= 15 is 0 Å². The van der Waals surface area contributed by atoms with Crippen molar-refractivity contribution in [2.45, 2.75) is 0 Å². The Morgan fingerprint density at radius 1 is 1.53 bits per heavy atom. The molecule has 0 aliphatic carbocycles. The van der Waals surface area contributed by atoms with Gasteiger partial charge in [0.25, 0.3) is 5.91 Å². The molecule has 2 rings (SSSR count). The summed E-state index contributed by atoms with van der Waals surface area (Å²) in [6, 6.07) is 5.81. The van der Waals surface area contributed by atoms with E-state index in [0.717, 1.165) is 23.7 Å². The lowest BCUT2D eigenvalue weighted by molar-refractivity contribution is -0.120.